The third kappa shape index (κ3) is 3.35. The second-order valence-corrected chi connectivity index (χ2v) is 8.13. The summed E-state index contributed by atoms with van der Waals surface area (Å²) in [5.41, 5.74) is -0.175. The van der Waals surface area contributed by atoms with Crippen LogP contribution < -0.4 is 5.56 Å². The summed E-state index contributed by atoms with van der Waals surface area (Å²) < 4.78 is 6.69. The molecule has 1 saturated carbocycles. The summed E-state index contributed by atoms with van der Waals surface area (Å²) in [7, 11) is 1.59. The van der Waals surface area contributed by atoms with Gasteiger partial charge in [-0.2, -0.15) is 0 Å². The van der Waals surface area contributed by atoms with Crippen molar-refractivity contribution in [1.29, 1.82) is 0 Å². The van der Waals surface area contributed by atoms with Crippen molar-refractivity contribution in [3.05, 3.63) is 46.4 Å². The summed E-state index contributed by atoms with van der Waals surface area (Å²) in [5, 5.41) is 12.2. The maximum atomic E-state index is 13.4. The van der Waals surface area contributed by atoms with Gasteiger partial charge in [0.05, 0.1) is 17.8 Å². The second kappa shape index (κ2) is 7.68. The monoisotopic (exact) mass is 384 g/mol. The summed E-state index contributed by atoms with van der Waals surface area (Å²) in [5.74, 6) is 0.0830. The fourth-order valence-electron chi connectivity index (χ4n) is 4.80. The number of likely N-dealkylation sites (tertiary alicyclic amines) is 1. The van der Waals surface area contributed by atoms with Gasteiger partial charge in [0.1, 0.15) is 0 Å². The molecular weight excluding hydrogens is 356 g/mol. The Morgan fingerprint density at radius 1 is 1.25 bits per heavy atom. The summed E-state index contributed by atoms with van der Waals surface area (Å²) in [6.07, 6.45) is 6.28. The molecule has 28 heavy (non-hydrogen) atoms. The predicted molar refractivity (Wildman–Crippen MR) is 108 cm³/mol. The number of methoxy groups -OCH3 is 1. The van der Waals surface area contributed by atoms with E-state index in [9.17, 15) is 14.7 Å². The van der Waals surface area contributed by atoms with Crippen molar-refractivity contribution in [3.63, 3.8) is 0 Å². The number of nitrogens with zero attached hydrogens (tertiary/aromatic N) is 2. The van der Waals surface area contributed by atoms with Crippen LogP contribution in [0, 0.1) is 5.92 Å². The fourth-order valence-corrected chi connectivity index (χ4v) is 4.80. The molecule has 0 radical (unpaired) electrons. The zero-order chi connectivity index (χ0) is 19.7. The molecule has 2 atom stereocenters. The van der Waals surface area contributed by atoms with E-state index in [2.05, 4.69) is 0 Å². The van der Waals surface area contributed by atoms with E-state index in [0.717, 1.165) is 25.7 Å². The zero-order valence-corrected chi connectivity index (χ0v) is 16.4. The summed E-state index contributed by atoms with van der Waals surface area (Å²) >= 11 is 0. The number of hydrogen-bond donors (Lipinski definition) is 1. The van der Waals surface area contributed by atoms with Crippen molar-refractivity contribution >= 4 is 16.7 Å². The van der Waals surface area contributed by atoms with E-state index in [-0.39, 0.29) is 17.4 Å². The van der Waals surface area contributed by atoms with Crippen LogP contribution in [0.1, 0.15) is 42.5 Å². The number of pyridine rings is 1. The first-order valence-electron chi connectivity index (χ1n) is 10.2. The van der Waals surface area contributed by atoms with E-state index >= 15 is 0 Å². The Morgan fingerprint density at radius 2 is 2.04 bits per heavy atom. The van der Waals surface area contributed by atoms with E-state index in [4.69, 9.17) is 4.74 Å². The topological polar surface area (TPSA) is 71.8 Å². The lowest BCUT2D eigenvalue weighted by atomic mass is 9.71. The first kappa shape index (κ1) is 19.2. The molecule has 0 spiro atoms. The van der Waals surface area contributed by atoms with Gasteiger partial charge in [-0.1, -0.05) is 31.0 Å². The number of hydrogen-bond acceptors (Lipinski definition) is 4. The molecule has 2 aliphatic rings. The standard InChI is InChI=1S/C22H28N2O4/c1-28-13-12-24-15-19(17-7-2-3-8-18(17)20(24)25)21(26)23-11-10-22(27)9-5-4-6-16(22)14-23/h2-3,7-8,15-16,27H,4-6,9-14H2,1H3/t16-,22-/m0/s1. The van der Waals surface area contributed by atoms with Crippen LogP contribution in [0.3, 0.4) is 0 Å². The van der Waals surface area contributed by atoms with Crippen LogP contribution in [0.4, 0.5) is 0 Å². The lowest BCUT2D eigenvalue weighted by Crippen LogP contribution is -2.54. The third-order valence-electron chi connectivity index (χ3n) is 6.47. The molecule has 6 nitrogen and oxygen atoms in total. The highest BCUT2D eigenvalue weighted by molar-refractivity contribution is 6.06. The van der Waals surface area contributed by atoms with E-state index in [0.29, 0.717) is 49.0 Å². The molecule has 2 fully saturated rings. The van der Waals surface area contributed by atoms with E-state index in [1.165, 1.54) is 0 Å². The number of rotatable bonds is 4. The Morgan fingerprint density at radius 3 is 2.82 bits per heavy atom. The minimum Gasteiger partial charge on any atom is -0.389 e. The van der Waals surface area contributed by atoms with Crippen molar-refractivity contribution in [2.45, 2.75) is 44.2 Å². The number of aromatic nitrogens is 1. The number of aliphatic hydroxyl groups is 1. The SMILES string of the molecule is COCCn1cc(C(=O)N2CC[C@@]3(O)CCCC[C@H]3C2)c2ccccc2c1=O. The maximum absolute atomic E-state index is 13.4. The van der Waals surface area contributed by atoms with Crippen molar-refractivity contribution in [3.8, 4) is 0 Å². The normalized spacial score (nSPS) is 24.9. The van der Waals surface area contributed by atoms with Crippen LogP contribution in [-0.2, 0) is 11.3 Å². The van der Waals surface area contributed by atoms with E-state index < -0.39 is 5.60 Å². The Bertz CT molecular complexity index is 938. The Balaban J connectivity index is 1.69. The lowest BCUT2D eigenvalue weighted by Gasteiger charge is -2.47. The molecule has 1 aromatic carbocycles. The zero-order valence-electron chi connectivity index (χ0n) is 16.4. The van der Waals surface area contributed by atoms with Crippen LogP contribution in [-0.4, -0.2) is 52.9 Å². The molecule has 2 aromatic rings. The Hall–Kier alpha value is -2.18. The highest BCUT2D eigenvalue weighted by Gasteiger charge is 2.44. The van der Waals surface area contributed by atoms with E-state index in [1.54, 1.807) is 23.9 Å². The minimum atomic E-state index is -0.617. The van der Waals surface area contributed by atoms with E-state index in [1.807, 2.05) is 23.1 Å². The van der Waals surface area contributed by atoms with Gasteiger partial charge in [0.2, 0.25) is 0 Å². The third-order valence-corrected chi connectivity index (χ3v) is 6.47. The number of piperidine rings is 1. The van der Waals surface area contributed by atoms with Crippen LogP contribution in [0.15, 0.2) is 35.3 Å². The van der Waals surface area contributed by atoms with Crippen molar-refractivity contribution in [2.75, 3.05) is 26.8 Å². The van der Waals surface area contributed by atoms with Gasteiger partial charge in [-0.3, -0.25) is 9.59 Å². The van der Waals surface area contributed by atoms with Crippen LogP contribution in [0.5, 0.6) is 0 Å². The smallest absolute Gasteiger partial charge is 0.258 e. The largest absolute Gasteiger partial charge is 0.389 e. The average Bonchev–Trinajstić information content (AvgIpc) is 2.72. The highest BCUT2D eigenvalue weighted by atomic mass is 16.5. The molecule has 0 bridgehead atoms. The number of amides is 1. The molecule has 4 rings (SSSR count). The fraction of sp³-hybridized carbons (Fsp3) is 0.545. The van der Waals surface area contributed by atoms with Gasteiger partial charge in [0.25, 0.3) is 11.5 Å². The molecule has 0 unspecified atom stereocenters. The lowest BCUT2D eigenvalue weighted by molar-refractivity contribution is -0.0886. The van der Waals surface area contributed by atoms with Crippen molar-refractivity contribution in [1.82, 2.24) is 9.47 Å². The Kier molecular flexibility index (Phi) is 5.25. The Labute approximate surface area is 164 Å². The van der Waals surface area contributed by atoms with Crippen LogP contribution >= 0.6 is 0 Å². The number of carbonyl (C=O) groups excluding carboxylic acids is 1. The molecule has 6 heteroatoms. The van der Waals surface area contributed by atoms with Crippen LogP contribution in [0.2, 0.25) is 0 Å². The van der Waals surface area contributed by atoms with Gasteiger partial charge < -0.3 is 19.3 Å². The molecule has 1 aliphatic heterocycles. The highest BCUT2D eigenvalue weighted by Crippen LogP contribution is 2.40. The van der Waals surface area contributed by atoms with Gasteiger partial charge in [-0.05, 0) is 25.3 Å². The summed E-state index contributed by atoms with van der Waals surface area (Å²) in [6.45, 7) is 1.95. The molecule has 2 heterocycles. The molecule has 1 N–H and O–H groups in total. The second-order valence-electron chi connectivity index (χ2n) is 8.13. The first-order valence-corrected chi connectivity index (χ1v) is 10.2. The first-order chi connectivity index (χ1) is 13.5. The van der Waals surface area contributed by atoms with Gasteiger partial charge in [0.15, 0.2) is 0 Å². The maximum Gasteiger partial charge on any atom is 0.258 e. The van der Waals surface area contributed by atoms with Crippen molar-refractivity contribution < 1.29 is 14.6 Å². The van der Waals surface area contributed by atoms with Crippen LogP contribution in [0.25, 0.3) is 10.8 Å². The molecule has 150 valence electrons. The summed E-state index contributed by atoms with van der Waals surface area (Å²) in [4.78, 5) is 28.1. The van der Waals surface area contributed by atoms with Gasteiger partial charge in [0, 0.05) is 49.6 Å². The molecule has 1 aromatic heterocycles. The molecule has 1 saturated heterocycles. The number of fused-ring (bicyclic) bond motifs is 2. The number of benzene rings is 1. The quantitative estimate of drug-likeness (QED) is 0.879. The molecule has 1 amide bonds. The van der Waals surface area contributed by atoms with Gasteiger partial charge in [-0.25, -0.2) is 0 Å². The number of ether oxygens (including phenoxy) is 1. The molecule has 1 aliphatic carbocycles. The minimum absolute atomic E-state index is 0.0602. The number of carbonyl (C=O) groups is 1. The molecular formula is C22H28N2O4. The summed E-state index contributed by atoms with van der Waals surface area (Å²) in [6, 6.07) is 7.29. The van der Waals surface area contributed by atoms with Crippen molar-refractivity contribution in [2.24, 2.45) is 5.92 Å². The average molecular weight is 384 g/mol. The van der Waals surface area contributed by atoms with Gasteiger partial charge in [-0.15, -0.1) is 0 Å². The van der Waals surface area contributed by atoms with Gasteiger partial charge >= 0.3 is 0 Å². The predicted octanol–water partition coefficient (Wildman–Crippen LogP) is 2.42.